The van der Waals surface area contributed by atoms with Gasteiger partial charge in [-0.3, -0.25) is 0 Å². The molecule has 0 unspecified atom stereocenters. The van der Waals surface area contributed by atoms with Gasteiger partial charge in [0.1, 0.15) is 0 Å². The maximum absolute atomic E-state index is 5.49. The molecule has 3 heteroatoms. The van der Waals surface area contributed by atoms with E-state index in [2.05, 4.69) is 60.1 Å². The summed E-state index contributed by atoms with van der Waals surface area (Å²) < 4.78 is 5.49. The molecule has 1 fully saturated rings. The molecule has 2 aromatic carbocycles. The average Bonchev–Trinajstić information content (AvgIpc) is 2.93. The van der Waals surface area contributed by atoms with E-state index in [1.54, 1.807) is 0 Å². The van der Waals surface area contributed by atoms with E-state index < -0.39 is 0 Å². The van der Waals surface area contributed by atoms with Crippen molar-refractivity contribution < 1.29 is 4.74 Å². The number of nitrogens with zero attached hydrogens (tertiary/aromatic N) is 1. The second kappa shape index (κ2) is 5.33. The molecule has 4 rings (SSSR count). The first-order valence-corrected chi connectivity index (χ1v) is 8.11. The third-order valence-electron chi connectivity index (χ3n) is 4.63. The molecule has 0 saturated carbocycles. The molecular weight excluding hydrogens is 272 g/mol. The molecular formula is C19H22N2O. The van der Waals surface area contributed by atoms with Crippen molar-refractivity contribution in [1.82, 2.24) is 4.98 Å². The highest BCUT2D eigenvalue weighted by molar-refractivity contribution is 6.09. The Morgan fingerprint density at radius 1 is 1.05 bits per heavy atom. The predicted octanol–water partition coefficient (Wildman–Crippen LogP) is 4.28. The number of rotatable bonds is 2. The summed E-state index contributed by atoms with van der Waals surface area (Å²) in [7, 11) is 0. The number of para-hydroxylation sites is 1. The number of morpholine rings is 1. The lowest BCUT2D eigenvalue weighted by atomic mass is 9.98. The lowest BCUT2D eigenvalue weighted by Gasteiger charge is -2.29. The van der Waals surface area contributed by atoms with Crippen LogP contribution >= 0.6 is 0 Å². The maximum atomic E-state index is 5.49. The number of nitrogens with one attached hydrogen (secondary N) is 1. The quantitative estimate of drug-likeness (QED) is 0.764. The summed E-state index contributed by atoms with van der Waals surface area (Å²) in [4.78, 5) is 6.06. The SMILES string of the molecule is CC(C)c1cc(N2CCOCC2)cc2c1[nH]c1ccccc12. The fourth-order valence-corrected chi connectivity index (χ4v) is 3.42. The molecule has 3 nitrogen and oxygen atoms in total. The number of fused-ring (bicyclic) bond motifs is 3. The monoisotopic (exact) mass is 294 g/mol. The Morgan fingerprint density at radius 2 is 1.82 bits per heavy atom. The molecule has 0 atom stereocenters. The molecule has 0 amide bonds. The Morgan fingerprint density at radius 3 is 2.59 bits per heavy atom. The van der Waals surface area contributed by atoms with Gasteiger partial charge in [0.2, 0.25) is 0 Å². The summed E-state index contributed by atoms with van der Waals surface area (Å²) in [5.74, 6) is 0.497. The first kappa shape index (κ1) is 13.6. The van der Waals surface area contributed by atoms with Gasteiger partial charge in [-0.2, -0.15) is 0 Å². The first-order chi connectivity index (χ1) is 10.7. The summed E-state index contributed by atoms with van der Waals surface area (Å²) in [5.41, 5.74) is 5.23. The van der Waals surface area contributed by atoms with Crippen LogP contribution in [0.4, 0.5) is 5.69 Å². The number of anilines is 1. The van der Waals surface area contributed by atoms with E-state index in [9.17, 15) is 0 Å². The zero-order valence-electron chi connectivity index (χ0n) is 13.2. The summed E-state index contributed by atoms with van der Waals surface area (Å²) in [6, 6.07) is 13.3. The smallest absolute Gasteiger partial charge is 0.0642 e. The van der Waals surface area contributed by atoms with Crippen molar-refractivity contribution in [2.75, 3.05) is 31.2 Å². The van der Waals surface area contributed by atoms with Crippen molar-refractivity contribution in [2.24, 2.45) is 0 Å². The van der Waals surface area contributed by atoms with Crippen LogP contribution in [0.25, 0.3) is 21.8 Å². The largest absolute Gasteiger partial charge is 0.378 e. The molecule has 1 N–H and O–H groups in total. The van der Waals surface area contributed by atoms with Crippen LogP contribution in [0.3, 0.4) is 0 Å². The van der Waals surface area contributed by atoms with Gasteiger partial charge in [0.25, 0.3) is 0 Å². The fraction of sp³-hybridized carbons (Fsp3) is 0.368. The van der Waals surface area contributed by atoms with Crippen molar-refractivity contribution in [3.8, 4) is 0 Å². The summed E-state index contributed by atoms with van der Waals surface area (Å²) in [6.45, 7) is 8.13. The topological polar surface area (TPSA) is 28.3 Å². The van der Waals surface area contributed by atoms with Crippen LogP contribution in [-0.4, -0.2) is 31.3 Å². The van der Waals surface area contributed by atoms with Gasteiger partial charge in [0.05, 0.1) is 18.7 Å². The van der Waals surface area contributed by atoms with Gasteiger partial charge in [-0.1, -0.05) is 32.0 Å². The number of benzene rings is 2. The fourth-order valence-electron chi connectivity index (χ4n) is 3.42. The van der Waals surface area contributed by atoms with Crippen LogP contribution < -0.4 is 4.90 Å². The van der Waals surface area contributed by atoms with E-state index in [4.69, 9.17) is 4.74 Å². The molecule has 0 aliphatic carbocycles. The van der Waals surface area contributed by atoms with Crippen LogP contribution in [0.1, 0.15) is 25.3 Å². The van der Waals surface area contributed by atoms with Crippen molar-refractivity contribution >= 4 is 27.5 Å². The van der Waals surface area contributed by atoms with E-state index in [1.165, 1.54) is 33.1 Å². The van der Waals surface area contributed by atoms with Gasteiger partial charge in [0.15, 0.2) is 0 Å². The number of ether oxygens (including phenoxy) is 1. The summed E-state index contributed by atoms with van der Waals surface area (Å²) >= 11 is 0. The average molecular weight is 294 g/mol. The van der Waals surface area contributed by atoms with Crippen LogP contribution in [0.2, 0.25) is 0 Å². The Hall–Kier alpha value is -2.00. The van der Waals surface area contributed by atoms with Crippen LogP contribution in [0.15, 0.2) is 36.4 Å². The number of hydrogen-bond donors (Lipinski definition) is 1. The highest BCUT2D eigenvalue weighted by Crippen LogP contribution is 2.35. The van der Waals surface area contributed by atoms with Gasteiger partial charge >= 0.3 is 0 Å². The molecule has 114 valence electrons. The van der Waals surface area contributed by atoms with Crippen LogP contribution in [0.5, 0.6) is 0 Å². The third-order valence-corrected chi connectivity index (χ3v) is 4.63. The van der Waals surface area contributed by atoms with Crippen molar-refractivity contribution in [3.05, 3.63) is 42.0 Å². The molecule has 1 aliphatic rings. The van der Waals surface area contributed by atoms with Crippen LogP contribution in [0, 0.1) is 0 Å². The standard InChI is InChI=1S/C19H22N2O/c1-13(2)16-11-14(21-7-9-22-10-8-21)12-17-15-5-3-4-6-18(15)20-19(16)17/h3-6,11-13,20H,7-10H2,1-2H3. The number of aromatic nitrogens is 1. The summed E-state index contributed by atoms with van der Waals surface area (Å²) in [5, 5.41) is 2.65. The Kier molecular flexibility index (Phi) is 3.30. The lowest BCUT2D eigenvalue weighted by Crippen LogP contribution is -2.36. The zero-order valence-corrected chi connectivity index (χ0v) is 13.2. The van der Waals surface area contributed by atoms with E-state index in [0.29, 0.717) is 5.92 Å². The van der Waals surface area contributed by atoms with Gasteiger partial charge in [0, 0.05) is 35.1 Å². The van der Waals surface area contributed by atoms with Gasteiger partial charge < -0.3 is 14.6 Å². The third kappa shape index (κ3) is 2.17. The van der Waals surface area contributed by atoms with Crippen molar-refractivity contribution in [2.45, 2.75) is 19.8 Å². The maximum Gasteiger partial charge on any atom is 0.0642 e. The first-order valence-electron chi connectivity index (χ1n) is 8.11. The Bertz CT molecular complexity index is 813. The molecule has 22 heavy (non-hydrogen) atoms. The molecule has 1 aliphatic heterocycles. The number of H-pyrrole nitrogens is 1. The van der Waals surface area contributed by atoms with E-state index in [1.807, 2.05) is 0 Å². The molecule has 3 aromatic rings. The zero-order chi connectivity index (χ0) is 15.1. The summed E-state index contributed by atoms with van der Waals surface area (Å²) in [6.07, 6.45) is 0. The van der Waals surface area contributed by atoms with Crippen molar-refractivity contribution in [3.63, 3.8) is 0 Å². The highest BCUT2D eigenvalue weighted by Gasteiger charge is 2.17. The Balaban J connectivity index is 1.96. The van der Waals surface area contributed by atoms with Crippen LogP contribution in [-0.2, 0) is 4.74 Å². The van der Waals surface area contributed by atoms with Gasteiger partial charge in [-0.05, 0) is 29.7 Å². The minimum absolute atomic E-state index is 0.497. The van der Waals surface area contributed by atoms with E-state index in [0.717, 1.165) is 26.3 Å². The molecule has 0 bridgehead atoms. The molecule has 1 saturated heterocycles. The minimum Gasteiger partial charge on any atom is -0.378 e. The predicted molar refractivity (Wildman–Crippen MR) is 92.9 cm³/mol. The molecule has 1 aromatic heterocycles. The molecule has 0 spiro atoms. The van der Waals surface area contributed by atoms with Crippen molar-refractivity contribution in [1.29, 1.82) is 0 Å². The van der Waals surface area contributed by atoms with E-state index in [-0.39, 0.29) is 0 Å². The Labute approximate surface area is 130 Å². The number of hydrogen-bond acceptors (Lipinski definition) is 2. The number of aromatic amines is 1. The van der Waals surface area contributed by atoms with Gasteiger partial charge in [-0.15, -0.1) is 0 Å². The van der Waals surface area contributed by atoms with E-state index >= 15 is 0 Å². The second-order valence-corrected chi connectivity index (χ2v) is 6.38. The minimum atomic E-state index is 0.497. The lowest BCUT2D eigenvalue weighted by molar-refractivity contribution is 0.122. The molecule has 2 heterocycles. The normalized spacial score (nSPS) is 16.0. The second-order valence-electron chi connectivity index (χ2n) is 6.38. The highest BCUT2D eigenvalue weighted by atomic mass is 16.5. The van der Waals surface area contributed by atoms with Gasteiger partial charge in [-0.25, -0.2) is 0 Å². The molecule has 0 radical (unpaired) electrons.